The summed E-state index contributed by atoms with van der Waals surface area (Å²) >= 11 is 3.36. The largest absolute Gasteiger partial charge is 0.481 e. The van der Waals surface area contributed by atoms with Crippen molar-refractivity contribution in [1.29, 1.82) is 0 Å². The minimum absolute atomic E-state index is 0.126. The third kappa shape index (κ3) is 4.90. The number of hydrogen-bond donors (Lipinski definition) is 1. The molecule has 0 radical (unpaired) electrons. The minimum Gasteiger partial charge on any atom is -0.481 e. The van der Waals surface area contributed by atoms with E-state index in [2.05, 4.69) is 27.3 Å². The zero-order chi connectivity index (χ0) is 15.2. The summed E-state index contributed by atoms with van der Waals surface area (Å²) in [4.78, 5) is 12.0. The SMILES string of the molecule is Cc1cccc(CNC(=O)C(C)Oc2ccc(Br)cc2)c1. The van der Waals surface area contributed by atoms with Gasteiger partial charge in [0.15, 0.2) is 6.10 Å². The van der Waals surface area contributed by atoms with E-state index in [4.69, 9.17) is 4.74 Å². The Morgan fingerprint density at radius 3 is 2.62 bits per heavy atom. The number of ether oxygens (including phenoxy) is 1. The van der Waals surface area contributed by atoms with Crippen molar-refractivity contribution in [2.75, 3.05) is 0 Å². The van der Waals surface area contributed by atoms with Gasteiger partial charge in [0.25, 0.3) is 5.91 Å². The first-order chi connectivity index (χ1) is 10.0. The molecule has 1 atom stereocenters. The van der Waals surface area contributed by atoms with E-state index in [1.54, 1.807) is 6.92 Å². The van der Waals surface area contributed by atoms with Crippen LogP contribution in [0.3, 0.4) is 0 Å². The molecule has 0 aliphatic rings. The van der Waals surface area contributed by atoms with Crippen LogP contribution in [0, 0.1) is 6.92 Å². The Kier molecular flexibility index (Phi) is 5.39. The number of rotatable bonds is 5. The van der Waals surface area contributed by atoms with E-state index in [1.807, 2.05) is 49.4 Å². The van der Waals surface area contributed by atoms with Crippen molar-refractivity contribution < 1.29 is 9.53 Å². The maximum Gasteiger partial charge on any atom is 0.261 e. The van der Waals surface area contributed by atoms with Crippen LogP contribution < -0.4 is 10.1 Å². The van der Waals surface area contributed by atoms with Gasteiger partial charge >= 0.3 is 0 Å². The van der Waals surface area contributed by atoms with Crippen LogP contribution in [0.25, 0.3) is 0 Å². The fourth-order valence-electron chi connectivity index (χ4n) is 1.93. The first-order valence-electron chi connectivity index (χ1n) is 6.80. The number of hydrogen-bond acceptors (Lipinski definition) is 2. The molecule has 110 valence electrons. The normalized spacial score (nSPS) is 11.8. The second-order valence-electron chi connectivity index (χ2n) is 4.92. The van der Waals surface area contributed by atoms with E-state index >= 15 is 0 Å². The number of amides is 1. The van der Waals surface area contributed by atoms with E-state index in [9.17, 15) is 4.79 Å². The van der Waals surface area contributed by atoms with Gasteiger partial charge in [-0.2, -0.15) is 0 Å². The molecule has 0 aliphatic carbocycles. The maximum atomic E-state index is 12.0. The highest BCUT2D eigenvalue weighted by molar-refractivity contribution is 9.10. The van der Waals surface area contributed by atoms with E-state index in [0.29, 0.717) is 12.3 Å². The molecule has 0 bridgehead atoms. The summed E-state index contributed by atoms with van der Waals surface area (Å²) in [6, 6.07) is 15.5. The lowest BCUT2D eigenvalue weighted by Gasteiger charge is -2.15. The number of halogens is 1. The molecule has 1 amide bonds. The Hall–Kier alpha value is -1.81. The number of benzene rings is 2. The monoisotopic (exact) mass is 347 g/mol. The first kappa shape index (κ1) is 15.6. The molecule has 0 fully saturated rings. The van der Waals surface area contributed by atoms with Crippen LogP contribution in [0.1, 0.15) is 18.1 Å². The summed E-state index contributed by atoms with van der Waals surface area (Å²) in [5.74, 6) is 0.552. The lowest BCUT2D eigenvalue weighted by atomic mass is 10.1. The molecule has 0 saturated heterocycles. The minimum atomic E-state index is -0.531. The van der Waals surface area contributed by atoms with Gasteiger partial charge in [-0.05, 0) is 43.7 Å². The van der Waals surface area contributed by atoms with E-state index in [1.165, 1.54) is 5.56 Å². The predicted molar refractivity (Wildman–Crippen MR) is 87.3 cm³/mol. The average Bonchev–Trinajstić information content (AvgIpc) is 2.47. The second kappa shape index (κ2) is 7.27. The Labute approximate surface area is 133 Å². The fraction of sp³-hybridized carbons (Fsp3) is 0.235. The van der Waals surface area contributed by atoms with Gasteiger partial charge in [-0.25, -0.2) is 0 Å². The smallest absolute Gasteiger partial charge is 0.261 e. The lowest BCUT2D eigenvalue weighted by Crippen LogP contribution is -2.35. The van der Waals surface area contributed by atoms with Gasteiger partial charge in [-0.1, -0.05) is 45.8 Å². The van der Waals surface area contributed by atoms with Crippen molar-refractivity contribution in [3.63, 3.8) is 0 Å². The quantitative estimate of drug-likeness (QED) is 0.892. The van der Waals surface area contributed by atoms with Crippen molar-refractivity contribution in [1.82, 2.24) is 5.32 Å². The van der Waals surface area contributed by atoms with Crippen LogP contribution in [0.5, 0.6) is 5.75 Å². The van der Waals surface area contributed by atoms with Crippen LogP contribution in [0.2, 0.25) is 0 Å². The van der Waals surface area contributed by atoms with Gasteiger partial charge in [-0.15, -0.1) is 0 Å². The molecule has 2 aromatic carbocycles. The Morgan fingerprint density at radius 2 is 1.95 bits per heavy atom. The Balaban J connectivity index is 1.86. The molecule has 21 heavy (non-hydrogen) atoms. The van der Waals surface area contributed by atoms with Crippen molar-refractivity contribution >= 4 is 21.8 Å². The van der Waals surface area contributed by atoms with Crippen LogP contribution in [-0.2, 0) is 11.3 Å². The Bertz CT molecular complexity index is 610. The average molecular weight is 348 g/mol. The molecule has 0 aromatic heterocycles. The molecular formula is C17H18BrNO2. The third-order valence-corrected chi connectivity index (χ3v) is 3.57. The highest BCUT2D eigenvalue weighted by Gasteiger charge is 2.14. The zero-order valence-electron chi connectivity index (χ0n) is 12.1. The van der Waals surface area contributed by atoms with Crippen LogP contribution in [-0.4, -0.2) is 12.0 Å². The second-order valence-corrected chi connectivity index (χ2v) is 5.84. The standard InChI is InChI=1S/C17H18BrNO2/c1-12-4-3-5-14(10-12)11-19-17(20)13(2)21-16-8-6-15(18)7-9-16/h3-10,13H,11H2,1-2H3,(H,19,20). The Morgan fingerprint density at radius 1 is 1.24 bits per heavy atom. The number of carbonyl (C=O) groups excluding carboxylic acids is 1. The topological polar surface area (TPSA) is 38.3 Å². The van der Waals surface area contributed by atoms with E-state index in [0.717, 1.165) is 10.0 Å². The zero-order valence-corrected chi connectivity index (χ0v) is 13.7. The first-order valence-corrected chi connectivity index (χ1v) is 7.59. The highest BCUT2D eigenvalue weighted by Crippen LogP contribution is 2.17. The summed E-state index contributed by atoms with van der Waals surface area (Å²) in [7, 11) is 0. The fourth-order valence-corrected chi connectivity index (χ4v) is 2.19. The number of carbonyl (C=O) groups is 1. The van der Waals surface area contributed by atoms with Crippen molar-refractivity contribution in [3.8, 4) is 5.75 Å². The summed E-state index contributed by atoms with van der Waals surface area (Å²) in [6.45, 7) is 4.28. The molecule has 2 rings (SSSR count). The van der Waals surface area contributed by atoms with Crippen LogP contribution in [0.4, 0.5) is 0 Å². The molecule has 0 heterocycles. The predicted octanol–water partition coefficient (Wildman–Crippen LogP) is 3.84. The molecule has 0 aliphatic heterocycles. The number of nitrogens with one attached hydrogen (secondary N) is 1. The third-order valence-electron chi connectivity index (χ3n) is 3.04. The summed E-state index contributed by atoms with van der Waals surface area (Å²) in [5, 5.41) is 2.88. The molecular weight excluding hydrogens is 330 g/mol. The molecule has 1 unspecified atom stereocenters. The lowest BCUT2D eigenvalue weighted by molar-refractivity contribution is -0.127. The molecule has 3 nitrogen and oxygen atoms in total. The maximum absolute atomic E-state index is 12.0. The number of aryl methyl sites for hydroxylation is 1. The van der Waals surface area contributed by atoms with Crippen molar-refractivity contribution in [3.05, 3.63) is 64.1 Å². The van der Waals surface area contributed by atoms with Gasteiger partial charge in [0.2, 0.25) is 0 Å². The molecule has 2 aromatic rings. The van der Waals surface area contributed by atoms with Gasteiger partial charge < -0.3 is 10.1 Å². The van der Waals surface area contributed by atoms with Crippen molar-refractivity contribution in [2.24, 2.45) is 0 Å². The summed E-state index contributed by atoms with van der Waals surface area (Å²) in [5.41, 5.74) is 2.26. The van der Waals surface area contributed by atoms with Gasteiger partial charge in [0, 0.05) is 11.0 Å². The molecule has 1 N–H and O–H groups in total. The van der Waals surface area contributed by atoms with Crippen LogP contribution >= 0.6 is 15.9 Å². The summed E-state index contributed by atoms with van der Waals surface area (Å²) in [6.07, 6.45) is -0.531. The summed E-state index contributed by atoms with van der Waals surface area (Å²) < 4.78 is 6.59. The van der Waals surface area contributed by atoms with Crippen molar-refractivity contribution in [2.45, 2.75) is 26.5 Å². The van der Waals surface area contributed by atoms with E-state index < -0.39 is 6.10 Å². The van der Waals surface area contributed by atoms with Gasteiger partial charge in [0.1, 0.15) is 5.75 Å². The van der Waals surface area contributed by atoms with Gasteiger partial charge in [0.05, 0.1) is 0 Å². The highest BCUT2D eigenvalue weighted by atomic mass is 79.9. The van der Waals surface area contributed by atoms with E-state index in [-0.39, 0.29) is 5.91 Å². The van der Waals surface area contributed by atoms with Crippen LogP contribution in [0.15, 0.2) is 53.0 Å². The molecule has 0 saturated carbocycles. The molecule has 4 heteroatoms. The molecule has 0 spiro atoms. The van der Waals surface area contributed by atoms with Gasteiger partial charge in [-0.3, -0.25) is 4.79 Å².